The molecule has 1 aromatic rings. The van der Waals surface area contributed by atoms with Gasteiger partial charge >= 0.3 is 5.69 Å². The second-order valence-electron chi connectivity index (χ2n) is 5.65. The third kappa shape index (κ3) is 3.64. The molecule has 6 heteroatoms. The molecule has 1 aliphatic heterocycles. The van der Waals surface area contributed by atoms with Gasteiger partial charge in [0.05, 0.1) is 17.1 Å². The first-order valence-corrected chi connectivity index (χ1v) is 7.32. The Kier molecular flexibility index (Phi) is 4.67. The SMILES string of the molecule is CCOc1cccc(N2CCCC(C)(O)CC2)c1[N+](=O)[O-]. The number of hydrogen-bond donors (Lipinski definition) is 1. The van der Waals surface area contributed by atoms with Crippen molar-refractivity contribution >= 4 is 11.4 Å². The lowest BCUT2D eigenvalue weighted by Crippen LogP contribution is -2.28. The molecule has 1 aromatic carbocycles. The summed E-state index contributed by atoms with van der Waals surface area (Å²) >= 11 is 0. The van der Waals surface area contributed by atoms with Gasteiger partial charge in [0.25, 0.3) is 0 Å². The number of hydrogen-bond acceptors (Lipinski definition) is 5. The van der Waals surface area contributed by atoms with Crippen molar-refractivity contribution in [2.75, 3.05) is 24.6 Å². The zero-order chi connectivity index (χ0) is 15.5. The van der Waals surface area contributed by atoms with Crippen molar-refractivity contribution < 1.29 is 14.8 Å². The van der Waals surface area contributed by atoms with Gasteiger partial charge in [-0.3, -0.25) is 10.1 Å². The van der Waals surface area contributed by atoms with Crippen LogP contribution < -0.4 is 9.64 Å². The molecule has 1 unspecified atom stereocenters. The summed E-state index contributed by atoms with van der Waals surface area (Å²) in [5.74, 6) is 0.302. The molecule has 1 heterocycles. The normalized spacial score (nSPS) is 22.7. The van der Waals surface area contributed by atoms with E-state index in [2.05, 4.69) is 0 Å². The highest BCUT2D eigenvalue weighted by Gasteiger charge is 2.29. The van der Waals surface area contributed by atoms with Gasteiger partial charge < -0.3 is 14.7 Å². The monoisotopic (exact) mass is 294 g/mol. The summed E-state index contributed by atoms with van der Waals surface area (Å²) in [5.41, 5.74) is -0.106. The second-order valence-corrected chi connectivity index (χ2v) is 5.65. The largest absolute Gasteiger partial charge is 0.487 e. The molecular weight excluding hydrogens is 272 g/mol. The lowest BCUT2D eigenvalue weighted by Gasteiger charge is -2.24. The van der Waals surface area contributed by atoms with Gasteiger partial charge in [-0.1, -0.05) is 6.07 Å². The quantitative estimate of drug-likeness (QED) is 0.682. The predicted molar refractivity (Wildman–Crippen MR) is 81.0 cm³/mol. The molecule has 0 bridgehead atoms. The van der Waals surface area contributed by atoms with Crippen molar-refractivity contribution in [1.82, 2.24) is 0 Å². The first-order valence-electron chi connectivity index (χ1n) is 7.32. The maximum Gasteiger partial charge on any atom is 0.333 e. The summed E-state index contributed by atoms with van der Waals surface area (Å²) in [6.07, 6.45) is 2.12. The van der Waals surface area contributed by atoms with Crippen molar-refractivity contribution in [3.05, 3.63) is 28.3 Å². The highest BCUT2D eigenvalue weighted by Crippen LogP contribution is 2.38. The molecule has 1 fully saturated rings. The summed E-state index contributed by atoms with van der Waals surface area (Å²) in [5, 5.41) is 21.6. The molecule has 6 nitrogen and oxygen atoms in total. The van der Waals surface area contributed by atoms with Crippen molar-refractivity contribution in [3.63, 3.8) is 0 Å². The fourth-order valence-electron chi connectivity index (χ4n) is 2.73. The number of nitro benzene ring substituents is 1. The highest BCUT2D eigenvalue weighted by atomic mass is 16.6. The average Bonchev–Trinajstić information content (AvgIpc) is 2.59. The van der Waals surface area contributed by atoms with Crippen molar-refractivity contribution in [2.45, 2.75) is 38.7 Å². The van der Waals surface area contributed by atoms with Crippen molar-refractivity contribution in [2.24, 2.45) is 0 Å². The van der Waals surface area contributed by atoms with Crippen LogP contribution in [-0.2, 0) is 0 Å². The number of nitrogens with zero attached hydrogens (tertiary/aromatic N) is 2. The van der Waals surface area contributed by atoms with Crippen LogP contribution in [0.1, 0.15) is 33.1 Å². The third-order valence-corrected chi connectivity index (χ3v) is 3.86. The molecule has 0 saturated carbocycles. The fraction of sp³-hybridized carbons (Fsp3) is 0.600. The number of para-hydroxylation sites is 1. The predicted octanol–water partition coefficient (Wildman–Crippen LogP) is 2.73. The van der Waals surface area contributed by atoms with E-state index < -0.39 is 5.60 Å². The number of rotatable bonds is 4. The Labute approximate surface area is 124 Å². The van der Waals surface area contributed by atoms with E-state index in [1.165, 1.54) is 0 Å². The molecule has 0 aliphatic carbocycles. The van der Waals surface area contributed by atoms with Crippen LogP contribution in [0.5, 0.6) is 5.75 Å². The van der Waals surface area contributed by atoms with Crippen LogP contribution in [0.4, 0.5) is 11.4 Å². The fourth-order valence-corrected chi connectivity index (χ4v) is 2.73. The number of aliphatic hydroxyl groups is 1. The minimum Gasteiger partial charge on any atom is -0.487 e. The van der Waals surface area contributed by atoms with E-state index in [0.29, 0.717) is 44.0 Å². The van der Waals surface area contributed by atoms with Gasteiger partial charge in [0.2, 0.25) is 0 Å². The van der Waals surface area contributed by atoms with Crippen LogP contribution >= 0.6 is 0 Å². The Morgan fingerprint density at radius 3 is 2.86 bits per heavy atom. The van der Waals surface area contributed by atoms with Crippen LogP contribution in [0.2, 0.25) is 0 Å². The van der Waals surface area contributed by atoms with Crippen molar-refractivity contribution in [3.8, 4) is 5.75 Å². The van der Waals surface area contributed by atoms with Gasteiger partial charge in [-0.2, -0.15) is 0 Å². The Balaban J connectivity index is 2.34. The van der Waals surface area contributed by atoms with Gasteiger partial charge in [-0.15, -0.1) is 0 Å². The maximum absolute atomic E-state index is 11.4. The van der Waals surface area contributed by atoms with E-state index >= 15 is 0 Å². The Bertz CT molecular complexity index is 516. The van der Waals surface area contributed by atoms with Gasteiger partial charge in [0, 0.05) is 13.1 Å². The number of nitro groups is 1. The Morgan fingerprint density at radius 1 is 1.43 bits per heavy atom. The first-order chi connectivity index (χ1) is 9.94. The molecule has 1 saturated heterocycles. The van der Waals surface area contributed by atoms with Crippen LogP contribution in [0.3, 0.4) is 0 Å². The van der Waals surface area contributed by atoms with Crippen molar-refractivity contribution in [1.29, 1.82) is 0 Å². The van der Waals surface area contributed by atoms with Crippen LogP contribution in [0.25, 0.3) is 0 Å². The summed E-state index contributed by atoms with van der Waals surface area (Å²) in [7, 11) is 0. The van der Waals surface area contributed by atoms with E-state index in [-0.39, 0.29) is 10.6 Å². The minimum absolute atomic E-state index is 0.0147. The smallest absolute Gasteiger partial charge is 0.333 e. The Hall–Kier alpha value is -1.82. The van der Waals surface area contributed by atoms with Gasteiger partial charge in [0.15, 0.2) is 5.75 Å². The maximum atomic E-state index is 11.4. The van der Waals surface area contributed by atoms with Crippen LogP contribution in [-0.4, -0.2) is 35.3 Å². The molecule has 1 atom stereocenters. The topological polar surface area (TPSA) is 75.8 Å². The lowest BCUT2D eigenvalue weighted by atomic mass is 9.98. The zero-order valence-electron chi connectivity index (χ0n) is 12.5. The highest BCUT2D eigenvalue weighted by molar-refractivity contribution is 5.69. The van der Waals surface area contributed by atoms with E-state index in [1.807, 2.05) is 11.8 Å². The zero-order valence-corrected chi connectivity index (χ0v) is 12.5. The van der Waals surface area contributed by atoms with Gasteiger partial charge in [0.1, 0.15) is 5.69 Å². The van der Waals surface area contributed by atoms with E-state index in [0.717, 1.165) is 6.42 Å². The van der Waals surface area contributed by atoms with Crippen LogP contribution in [0.15, 0.2) is 18.2 Å². The lowest BCUT2D eigenvalue weighted by molar-refractivity contribution is -0.385. The summed E-state index contributed by atoms with van der Waals surface area (Å²) in [6.45, 7) is 5.32. The number of benzene rings is 1. The standard InChI is InChI=1S/C15H22N2O4/c1-3-21-13-7-4-6-12(14(13)17(19)20)16-10-5-8-15(2,18)9-11-16/h4,6-7,18H,3,5,8-11H2,1-2H3. The molecule has 2 rings (SSSR count). The minimum atomic E-state index is -0.693. The number of anilines is 1. The molecule has 1 aliphatic rings. The number of ether oxygens (including phenoxy) is 1. The molecule has 1 N–H and O–H groups in total. The summed E-state index contributed by atoms with van der Waals surface area (Å²) in [6, 6.07) is 5.15. The second kappa shape index (κ2) is 6.30. The van der Waals surface area contributed by atoms with Gasteiger partial charge in [-0.25, -0.2) is 0 Å². The first kappa shape index (κ1) is 15.6. The molecule has 21 heavy (non-hydrogen) atoms. The van der Waals surface area contributed by atoms with E-state index in [4.69, 9.17) is 4.74 Å². The van der Waals surface area contributed by atoms with Gasteiger partial charge in [-0.05, 0) is 45.2 Å². The average molecular weight is 294 g/mol. The molecule has 0 amide bonds. The third-order valence-electron chi connectivity index (χ3n) is 3.86. The van der Waals surface area contributed by atoms with Crippen LogP contribution in [0, 0.1) is 10.1 Å². The molecule has 0 radical (unpaired) electrons. The molecule has 116 valence electrons. The molecular formula is C15H22N2O4. The summed E-state index contributed by atoms with van der Waals surface area (Å²) in [4.78, 5) is 13.0. The summed E-state index contributed by atoms with van der Waals surface area (Å²) < 4.78 is 5.38. The van der Waals surface area contributed by atoms with E-state index in [1.54, 1.807) is 25.1 Å². The molecule has 0 aromatic heterocycles. The molecule has 0 spiro atoms. The Morgan fingerprint density at radius 2 is 2.19 bits per heavy atom. The van der Waals surface area contributed by atoms with E-state index in [9.17, 15) is 15.2 Å².